The van der Waals surface area contributed by atoms with Gasteiger partial charge in [-0.15, -0.1) is 11.8 Å². The summed E-state index contributed by atoms with van der Waals surface area (Å²) in [7, 11) is 1.56. The number of nitrogens with zero attached hydrogens (tertiary/aromatic N) is 3. The molecule has 1 unspecified atom stereocenters. The summed E-state index contributed by atoms with van der Waals surface area (Å²) in [5.74, 6) is -1.11. The van der Waals surface area contributed by atoms with Gasteiger partial charge in [-0.05, 0) is 54.6 Å². The van der Waals surface area contributed by atoms with E-state index >= 15 is 0 Å². The van der Waals surface area contributed by atoms with Gasteiger partial charge in [0, 0.05) is 33.5 Å². The number of methoxy groups -OCH3 is 1. The van der Waals surface area contributed by atoms with Crippen molar-refractivity contribution in [1.82, 2.24) is 14.8 Å². The van der Waals surface area contributed by atoms with Crippen molar-refractivity contribution in [3.63, 3.8) is 0 Å². The van der Waals surface area contributed by atoms with Gasteiger partial charge in [0.05, 0.1) is 13.7 Å². The van der Waals surface area contributed by atoms with E-state index in [9.17, 15) is 18.7 Å². The Kier molecular flexibility index (Phi) is 7.42. The number of halogens is 2. The zero-order valence-corrected chi connectivity index (χ0v) is 19.5. The van der Waals surface area contributed by atoms with Crippen LogP contribution in [-0.4, -0.2) is 38.6 Å². The summed E-state index contributed by atoms with van der Waals surface area (Å²) >= 11 is 1.29. The molecule has 0 saturated heterocycles. The number of hydrogen-bond acceptors (Lipinski definition) is 6. The van der Waals surface area contributed by atoms with Crippen molar-refractivity contribution in [2.75, 3.05) is 18.2 Å². The zero-order chi connectivity index (χ0) is 24.8. The topological polar surface area (TPSA) is 89.3 Å². The molecule has 0 aliphatic carbocycles. The quantitative estimate of drug-likeness (QED) is 0.332. The summed E-state index contributed by atoms with van der Waals surface area (Å²) in [5, 5.41) is 18.2. The van der Waals surface area contributed by atoms with Gasteiger partial charge in [-0.2, -0.15) is 5.10 Å². The summed E-state index contributed by atoms with van der Waals surface area (Å²) in [6.45, 7) is -0.0709. The number of amides is 1. The monoisotopic (exact) mass is 496 g/mol. The Bertz CT molecular complexity index is 1290. The number of rotatable bonds is 9. The highest BCUT2D eigenvalue weighted by atomic mass is 32.2. The highest BCUT2D eigenvalue weighted by Crippen LogP contribution is 2.33. The molecule has 0 aliphatic heterocycles. The number of thioether (sulfide) groups is 1. The number of nitrogens with one attached hydrogen (secondary N) is 1. The first-order chi connectivity index (χ1) is 16.9. The van der Waals surface area contributed by atoms with Crippen LogP contribution in [0.15, 0.2) is 84.3 Å². The summed E-state index contributed by atoms with van der Waals surface area (Å²) in [4.78, 5) is 17.1. The van der Waals surface area contributed by atoms with Crippen molar-refractivity contribution < 1.29 is 23.4 Å². The molecule has 0 bridgehead atoms. The maximum Gasteiger partial charge on any atom is 0.255 e. The second-order valence-electron chi connectivity index (χ2n) is 7.74. The van der Waals surface area contributed by atoms with E-state index in [0.29, 0.717) is 17.0 Å². The van der Waals surface area contributed by atoms with Crippen LogP contribution in [0.1, 0.15) is 15.9 Å². The van der Waals surface area contributed by atoms with Crippen molar-refractivity contribution in [2.24, 2.45) is 0 Å². The van der Waals surface area contributed by atoms with E-state index in [4.69, 9.17) is 4.74 Å². The molecular weight excluding hydrogens is 474 g/mol. The van der Waals surface area contributed by atoms with Crippen LogP contribution in [0.25, 0.3) is 0 Å². The maximum atomic E-state index is 14.6. The third-order valence-corrected chi connectivity index (χ3v) is 6.49. The van der Waals surface area contributed by atoms with Gasteiger partial charge in [-0.1, -0.05) is 6.07 Å². The van der Waals surface area contributed by atoms with E-state index in [1.54, 1.807) is 55.6 Å². The Balaban J connectivity index is 1.45. The Labute approximate surface area is 204 Å². The Hall–Kier alpha value is -3.76. The smallest absolute Gasteiger partial charge is 0.255 e. The van der Waals surface area contributed by atoms with Crippen LogP contribution in [-0.2, 0) is 12.1 Å². The highest BCUT2D eigenvalue weighted by Gasteiger charge is 2.33. The lowest BCUT2D eigenvalue weighted by atomic mass is 9.95. The van der Waals surface area contributed by atoms with E-state index < -0.39 is 17.2 Å². The van der Waals surface area contributed by atoms with Crippen molar-refractivity contribution in [3.8, 4) is 5.75 Å². The second-order valence-corrected chi connectivity index (χ2v) is 8.79. The lowest BCUT2D eigenvalue weighted by Gasteiger charge is -2.28. The van der Waals surface area contributed by atoms with Crippen molar-refractivity contribution in [1.29, 1.82) is 0 Å². The SMILES string of the molecule is COc1ccc(C(=O)Nc2ccc(SCC(O)(Cn3cncn3)c3ccc(F)cc3F)cc2)cc1. The molecule has 1 heterocycles. The van der Waals surface area contributed by atoms with Crippen molar-refractivity contribution in [2.45, 2.75) is 17.0 Å². The van der Waals surface area contributed by atoms with Crippen molar-refractivity contribution >= 4 is 23.4 Å². The summed E-state index contributed by atoms with van der Waals surface area (Å²) in [5.41, 5.74) is -0.635. The number of aliphatic hydroxyl groups is 1. The standard InChI is InChI=1S/C25H22F2N4O3S/c1-34-20-7-2-17(3-8-20)24(32)30-19-5-9-21(10-6-19)35-14-25(33,13-31-16-28-15-29-31)22-11-4-18(26)12-23(22)27/h2-12,15-16,33H,13-14H2,1H3,(H,30,32). The first-order valence-electron chi connectivity index (χ1n) is 10.5. The average molecular weight is 497 g/mol. The molecular formula is C25H22F2N4O3S. The van der Waals surface area contributed by atoms with Crippen LogP contribution in [0, 0.1) is 11.6 Å². The molecule has 10 heteroatoms. The fourth-order valence-electron chi connectivity index (χ4n) is 3.44. The predicted octanol–water partition coefficient (Wildman–Crippen LogP) is 4.50. The maximum absolute atomic E-state index is 14.6. The van der Waals surface area contributed by atoms with Gasteiger partial charge in [0.25, 0.3) is 5.91 Å². The number of anilines is 1. The largest absolute Gasteiger partial charge is 0.497 e. The first-order valence-corrected chi connectivity index (χ1v) is 11.5. The van der Waals surface area contributed by atoms with E-state index in [2.05, 4.69) is 15.4 Å². The fourth-order valence-corrected chi connectivity index (χ4v) is 4.42. The molecule has 0 radical (unpaired) electrons. The van der Waals surface area contributed by atoms with Crippen LogP contribution in [0.4, 0.5) is 14.5 Å². The van der Waals surface area contributed by atoms with E-state index in [1.165, 1.54) is 35.2 Å². The molecule has 0 saturated carbocycles. The Morgan fingerprint density at radius 3 is 2.49 bits per heavy atom. The molecule has 0 aliphatic rings. The summed E-state index contributed by atoms with van der Waals surface area (Å²) in [6.07, 6.45) is 2.73. The molecule has 4 rings (SSSR count). The fraction of sp³-hybridized carbons (Fsp3) is 0.160. The van der Waals surface area contributed by atoms with Crippen LogP contribution in [0.3, 0.4) is 0 Å². The molecule has 0 spiro atoms. The highest BCUT2D eigenvalue weighted by molar-refractivity contribution is 7.99. The molecule has 2 N–H and O–H groups in total. The molecule has 4 aromatic rings. The van der Waals surface area contributed by atoms with Gasteiger partial charge >= 0.3 is 0 Å². The number of aromatic nitrogens is 3. The van der Waals surface area contributed by atoms with Gasteiger partial charge < -0.3 is 15.2 Å². The van der Waals surface area contributed by atoms with Crippen LogP contribution < -0.4 is 10.1 Å². The molecule has 35 heavy (non-hydrogen) atoms. The van der Waals surface area contributed by atoms with E-state index in [0.717, 1.165) is 17.0 Å². The van der Waals surface area contributed by atoms with Gasteiger partial charge in [0.15, 0.2) is 0 Å². The minimum Gasteiger partial charge on any atom is -0.497 e. The normalized spacial score (nSPS) is 12.7. The van der Waals surface area contributed by atoms with Gasteiger partial charge in [-0.3, -0.25) is 4.79 Å². The number of benzene rings is 3. The zero-order valence-electron chi connectivity index (χ0n) is 18.7. The van der Waals surface area contributed by atoms with Crippen molar-refractivity contribution in [3.05, 3.63) is 102 Å². The minimum absolute atomic E-state index is 0.0368. The third-order valence-electron chi connectivity index (χ3n) is 5.26. The number of carbonyl (C=O) groups excluding carboxylic acids is 1. The second kappa shape index (κ2) is 10.7. The summed E-state index contributed by atoms with van der Waals surface area (Å²) in [6, 6.07) is 16.9. The Morgan fingerprint density at radius 1 is 1.11 bits per heavy atom. The molecule has 1 aromatic heterocycles. The first kappa shape index (κ1) is 24.4. The van der Waals surface area contributed by atoms with E-state index in [-0.39, 0.29) is 23.8 Å². The lowest BCUT2D eigenvalue weighted by molar-refractivity contribution is 0.0360. The minimum atomic E-state index is -1.68. The lowest BCUT2D eigenvalue weighted by Crippen LogP contribution is -2.35. The number of hydrogen-bond donors (Lipinski definition) is 2. The molecule has 7 nitrogen and oxygen atoms in total. The van der Waals surface area contributed by atoms with E-state index in [1.807, 2.05) is 0 Å². The number of ether oxygens (including phenoxy) is 1. The van der Waals surface area contributed by atoms with Crippen LogP contribution in [0.2, 0.25) is 0 Å². The molecule has 1 atom stereocenters. The predicted molar refractivity (Wildman–Crippen MR) is 128 cm³/mol. The molecule has 1 amide bonds. The average Bonchev–Trinajstić information content (AvgIpc) is 3.36. The molecule has 0 fully saturated rings. The van der Waals surface area contributed by atoms with Gasteiger partial charge in [0.2, 0.25) is 0 Å². The third kappa shape index (κ3) is 6.03. The molecule has 3 aromatic carbocycles. The van der Waals surface area contributed by atoms with Gasteiger partial charge in [-0.25, -0.2) is 18.4 Å². The van der Waals surface area contributed by atoms with Crippen LogP contribution in [0.5, 0.6) is 5.75 Å². The summed E-state index contributed by atoms with van der Waals surface area (Å²) < 4.78 is 34.5. The number of carbonyl (C=O) groups is 1. The van der Waals surface area contributed by atoms with Gasteiger partial charge in [0.1, 0.15) is 35.6 Å². The molecule has 180 valence electrons. The Morgan fingerprint density at radius 2 is 1.86 bits per heavy atom. The van der Waals surface area contributed by atoms with Crippen LogP contribution >= 0.6 is 11.8 Å².